The van der Waals surface area contributed by atoms with Crippen molar-refractivity contribution in [3.05, 3.63) is 156 Å². The number of hydrogen-bond acceptors (Lipinski definition) is 7. The second-order valence-corrected chi connectivity index (χ2v) is 12.0. The van der Waals surface area contributed by atoms with E-state index in [2.05, 4.69) is 82.0 Å². The Morgan fingerprint density at radius 1 is 0.612 bits per heavy atom. The minimum Gasteiger partial charge on any atom is -0.456 e. The van der Waals surface area contributed by atoms with Crippen molar-refractivity contribution >= 4 is 49.2 Å². The predicted octanol–water partition coefficient (Wildman–Crippen LogP) is 9.40. The van der Waals surface area contributed by atoms with Crippen LogP contribution in [0, 0.1) is 22.7 Å². The van der Waals surface area contributed by atoms with Gasteiger partial charge >= 0.3 is 0 Å². The van der Waals surface area contributed by atoms with Crippen molar-refractivity contribution in [1.29, 1.82) is 10.5 Å². The number of pyridine rings is 3. The monoisotopic (exact) mass is 628 g/mol. The summed E-state index contributed by atoms with van der Waals surface area (Å²) in [5.41, 5.74) is 8.78. The van der Waals surface area contributed by atoms with E-state index in [0.717, 1.165) is 82.8 Å². The molecule has 0 amide bonds. The zero-order valence-corrected chi connectivity index (χ0v) is 25.9. The zero-order valence-electron chi connectivity index (χ0n) is 25.9. The molecule has 0 saturated carbocycles. The molecule has 7 heteroatoms. The molecule has 1 N–H and O–H groups in total. The van der Waals surface area contributed by atoms with Crippen molar-refractivity contribution in [3.8, 4) is 34.7 Å². The van der Waals surface area contributed by atoms with E-state index < -0.39 is 0 Å². The molecule has 1 aliphatic heterocycles. The summed E-state index contributed by atoms with van der Waals surface area (Å²) in [6.07, 6.45) is 12.9. The van der Waals surface area contributed by atoms with Crippen LogP contribution in [0.1, 0.15) is 28.3 Å². The highest BCUT2D eigenvalue weighted by atomic mass is 16.3. The Kier molecular flexibility index (Phi) is 6.50. The lowest BCUT2D eigenvalue weighted by Crippen LogP contribution is -2.21. The number of nitrogens with zero attached hydrogens (tertiary/aromatic N) is 5. The maximum Gasteiger partial charge on any atom is 0.136 e. The normalized spacial score (nSPS) is 14.1. The van der Waals surface area contributed by atoms with E-state index in [9.17, 15) is 10.5 Å². The maximum atomic E-state index is 9.52. The van der Waals surface area contributed by atoms with E-state index in [-0.39, 0.29) is 6.04 Å². The van der Waals surface area contributed by atoms with E-state index >= 15 is 0 Å². The van der Waals surface area contributed by atoms with Gasteiger partial charge in [-0.05, 0) is 75.6 Å². The molecule has 9 rings (SSSR count). The van der Waals surface area contributed by atoms with Crippen LogP contribution in [-0.2, 0) is 0 Å². The molecule has 4 aromatic heterocycles. The molecule has 0 bridgehead atoms. The Balaban J connectivity index is 1.32. The molecule has 1 aliphatic rings. The third-order valence-electron chi connectivity index (χ3n) is 9.10. The van der Waals surface area contributed by atoms with E-state index in [1.165, 1.54) is 0 Å². The average Bonchev–Trinajstić information content (AvgIpc) is 3.53. The summed E-state index contributed by atoms with van der Waals surface area (Å²) < 4.78 is 6.44. The van der Waals surface area contributed by atoms with Crippen LogP contribution in [0.4, 0.5) is 0 Å². The van der Waals surface area contributed by atoms with Gasteiger partial charge in [0.2, 0.25) is 0 Å². The van der Waals surface area contributed by atoms with Crippen molar-refractivity contribution in [2.75, 3.05) is 0 Å². The van der Waals surface area contributed by atoms with Crippen LogP contribution < -0.4 is 5.32 Å². The van der Waals surface area contributed by atoms with Gasteiger partial charge in [0.05, 0.1) is 28.6 Å². The molecule has 1 unspecified atom stereocenters. The summed E-state index contributed by atoms with van der Waals surface area (Å²) in [7, 11) is 0. The van der Waals surface area contributed by atoms with Crippen LogP contribution in [-0.4, -0.2) is 15.0 Å². The van der Waals surface area contributed by atoms with Crippen molar-refractivity contribution < 1.29 is 4.42 Å². The molecule has 5 heterocycles. The van der Waals surface area contributed by atoms with Gasteiger partial charge in [-0.15, -0.1) is 0 Å². The van der Waals surface area contributed by atoms with Crippen molar-refractivity contribution in [3.63, 3.8) is 0 Å². The standard InChI is InChI=1S/C42H24N6O/c43-19-25-15-27(23-45-21-25)35-10-5-12-37(47-35)41-30-8-1-2-9-31(30)42(38-13-6-11-36(48-38)28-16-26(20-44)22-46-24-28)34-18-40-32(17-33(34)41)29-7-3-4-14-39(29)49-40/h1-18,21-24,38,48H. The number of benzene rings is 4. The molecule has 0 fully saturated rings. The molecule has 8 aromatic rings. The van der Waals surface area contributed by atoms with Gasteiger partial charge in [0, 0.05) is 57.9 Å². The lowest BCUT2D eigenvalue weighted by atomic mass is 9.85. The molecule has 4 aromatic carbocycles. The van der Waals surface area contributed by atoms with Gasteiger partial charge in [-0.25, -0.2) is 4.98 Å². The fraction of sp³-hybridized carbons (Fsp3) is 0.0238. The minimum absolute atomic E-state index is 0.201. The summed E-state index contributed by atoms with van der Waals surface area (Å²) in [5, 5.41) is 29.1. The number of allylic oxidation sites excluding steroid dienone is 2. The summed E-state index contributed by atoms with van der Waals surface area (Å²) in [6, 6.07) is 34.8. The first-order chi connectivity index (χ1) is 24.2. The Morgan fingerprint density at radius 3 is 2.14 bits per heavy atom. The van der Waals surface area contributed by atoms with Crippen molar-refractivity contribution in [1.82, 2.24) is 20.3 Å². The smallest absolute Gasteiger partial charge is 0.136 e. The van der Waals surface area contributed by atoms with Crippen LogP contribution in [0.15, 0.2) is 138 Å². The van der Waals surface area contributed by atoms with Crippen LogP contribution in [0.3, 0.4) is 0 Å². The molecule has 0 aliphatic carbocycles. The highest BCUT2D eigenvalue weighted by molar-refractivity contribution is 6.20. The van der Waals surface area contributed by atoms with E-state index in [4.69, 9.17) is 9.40 Å². The number of fused-ring (bicyclic) bond motifs is 5. The molecule has 1 atom stereocenters. The molecule has 228 valence electrons. The highest BCUT2D eigenvalue weighted by Gasteiger charge is 2.24. The van der Waals surface area contributed by atoms with Crippen LogP contribution >= 0.6 is 0 Å². The van der Waals surface area contributed by atoms with E-state index in [1.807, 2.05) is 54.6 Å². The number of nitrogens with one attached hydrogen (secondary N) is 1. The van der Waals surface area contributed by atoms with Gasteiger partial charge in [0.15, 0.2) is 0 Å². The Labute approximate surface area is 280 Å². The quantitative estimate of drug-likeness (QED) is 0.193. The minimum atomic E-state index is -0.201. The third-order valence-corrected chi connectivity index (χ3v) is 9.10. The molecule has 0 radical (unpaired) electrons. The number of nitriles is 2. The SMILES string of the molecule is N#Cc1cncc(C2=CC=CC(c3c4ccccc4c(-c4cccc(-c5cncc(C#N)c5)n4)c4cc5c(cc34)oc3ccccc35)N2)c1. The van der Waals surface area contributed by atoms with Gasteiger partial charge in [-0.3, -0.25) is 9.97 Å². The first-order valence-corrected chi connectivity index (χ1v) is 15.8. The second kappa shape index (κ2) is 11.3. The summed E-state index contributed by atoms with van der Waals surface area (Å²) in [6.45, 7) is 0. The van der Waals surface area contributed by atoms with Crippen LogP contribution in [0.5, 0.6) is 0 Å². The largest absolute Gasteiger partial charge is 0.456 e. The summed E-state index contributed by atoms with van der Waals surface area (Å²) >= 11 is 0. The van der Waals surface area contributed by atoms with Gasteiger partial charge in [-0.2, -0.15) is 10.5 Å². The first kappa shape index (κ1) is 28.2. The molecule has 0 saturated heterocycles. The first-order valence-electron chi connectivity index (χ1n) is 15.8. The lowest BCUT2D eigenvalue weighted by molar-refractivity contribution is 0.669. The average molecular weight is 629 g/mol. The number of aromatic nitrogens is 3. The number of para-hydroxylation sites is 1. The molecular weight excluding hydrogens is 605 g/mol. The van der Waals surface area contributed by atoms with Crippen molar-refractivity contribution in [2.24, 2.45) is 0 Å². The van der Waals surface area contributed by atoms with E-state index in [0.29, 0.717) is 11.1 Å². The van der Waals surface area contributed by atoms with Crippen LogP contribution in [0.2, 0.25) is 0 Å². The zero-order chi connectivity index (χ0) is 32.9. The highest BCUT2D eigenvalue weighted by Crippen LogP contribution is 2.45. The number of rotatable bonds is 4. The molecule has 7 nitrogen and oxygen atoms in total. The topological polar surface area (TPSA) is 111 Å². The van der Waals surface area contributed by atoms with Crippen LogP contribution in [0.25, 0.3) is 71.7 Å². The van der Waals surface area contributed by atoms with Gasteiger partial charge in [0.25, 0.3) is 0 Å². The molecular formula is C42H24N6O. The van der Waals surface area contributed by atoms with Crippen molar-refractivity contribution in [2.45, 2.75) is 6.04 Å². The number of furan rings is 1. The third kappa shape index (κ3) is 4.69. The fourth-order valence-electron chi connectivity index (χ4n) is 6.94. The lowest BCUT2D eigenvalue weighted by Gasteiger charge is -2.26. The Hall–Kier alpha value is -7.09. The summed E-state index contributed by atoms with van der Waals surface area (Å²) in [4.78, 5) is 13.8. The van der Waals surface area contributed by atoms with Gasteiger partial charge < -0.3 is 9.73 Å². The summed E-state index contributed by atoms with van der Waals surface area (Å²) in [5.74, 6) is 0. The second-order valence-electron chi connectivity index (χ2n) is 12.0. The Morgan fingerprint density at radius 2 is 1.33 bits per heavy atom. The molecule has 49 heavy (non-hydrogen) atoms. The number of hydrogen-bond donors (Lipinski definition) is 1. The van der Waals surface area contributed by atoms with Gasteiger partial charge in [-0.1, -0.05) is 60.7 Å². The maximum absolute atomic E-state index is 9.52. The van der Waals surface area contributed by atoms with Gasteiger partial charge in [0.1, 0.15) is 23.3 Å². The predicted molar refractivity (Wildman–Crippen MR) is 192 cm³/mol. The van der Waals surface area contributed by atoms with E-state index in [1.54, 1.807) is 24.8 Å². The molecule has 0 spiro atoms. The number of dihydropyridines is 1. The fourth-order valence-corrected chi connectivity index (χ4v) is 6.94. The Bertz CT molecular complexity index is 2800.